The van der Waals surface area contributed by atoms with Gasteiger partial charge in [-0.3, -0.25) is 9.20 Å². The van der Waals surface area contributed by atoms with Gasteiger partial charge in [-0.15, -0.1) is 0 Å². The van der Waals surface area contributed by atoms with E-state index in [2.05, 4.69) is 10.2 Å². The Morgan fingerprint density at radius 1 is 1.20 bits per heavy atom. The Morgan fingerprint density at radius 3 is 2.63 bits per heavy atom. The SMILES string of the molecule is CCNC(=NCCS(=O)Cc1ccccc1)N1CC(C)OC(c2ccc(F)cc2)C1. The molecule has 0 aliphatic carbocycles. The number of nitrogens with zero attached hydrogens (tertiary/aromatic N) is 2. The summed E-state index contributed by atoms with van der Waals surface area (Å²) in [5.41, 5.74) is 2.03. The molecule has 0 aromatic heterocycles. The van der Waals surface area contributed by atoms with Crippen molar-refractivity contribution in [3.63, 3.8) is 0 Å². The van der Waals surface area contributed by atoms with E-state index in [0.717, 1.165) is 30.2 Å². The standard InChI is InChI=1S/C23H30FN3O2S/c1-3-25-23(26-13-14-30(28)17-19-7-5-4-6-8-19)27-15-18(2)29-22(16-27)20-9-11-21(24)12-10-20/h4-12,18,22H,3,13-17H2,1-2H3,(H,25,26). The van der Waals surface area contributed by atoms with Gasteiger partial charge in [0, 0.05) is 35.4 Å². The van der Waals surface area contributed by atoms with Crippen LogP contribution in [-0.4, -0.2) is 53.1 Å². The lowest BCUT2D eigenvalue weighted by molar-refractivity contribution is -0.0605. The zero-order chi connectivity index (χ0) is 21.3. The van der Waals surface area contributed by atoms with Gasteiger partial charge in [0.15, 0.2) is 5.96 Å². The fourth-order valence-corrected chi connectivity index (χ4v) is 4.50. The highest BCUT2D eigenvalue weighted by atomic mass is 32.2. The summed E-state index contributed by atoms with van der Waals surface area (Å²) < 4.78 is 31.8. The summed E-state index contributed by atoms with van der Waals surface area (Å²) in [7, 11) is -0.956. The van der Waals surface area contributed by atoms with Crippen LogP contribution in [0.15, 0.2) is 59.6 Å². The molecule has 3 unspecified atom stereocenters. The van der Waals surface area contributed by atoms with Crippen molar-refractivity contribution in [1.29, 1.82) is 0 Å². The summed E-state index contributed by atoms with van der Waals surface area (Å²) >= 11 is 0. The quantitative estimate of drug-likeness (QED) is 0.539. The summed E-state index contributed by atoms with van der Waals surface area (Å²) in [5.74, 6) is 1.62. The van der Waals surface area contributed by atoms with Crippen molar-refractivity contribution in [2.45, 2.75) is 31.8 Å². The molecule has 0 saturated carbocycles. The van der Waals surface area contributed by atoms with E-state index in [9.17, 15) is 8.60 Å². The molecule has 3 atom stereocenters. The molecule has 1 saturated heterocycles. The van der Waals surface area contributed by atoms with Crippen molar-refractivity contribution in [1.82, 2.24) is 10.2 Å². The van der Waals surface area contributed by atoms with Crippen LogP contribution in [0.3, 0.4) is 0 Å². The molecule has 1 heterocycles. The second-order valence-electron chi connectivity index (χ2n) is 7.40. The van der Waals surface area contributed by atoms with Gasteiger partial charge in [0.25, 0.3) is 0 Å². The predicted octanol–water partition coefficient (Wildman–Crippen LogP) is 3.50. The summed E-state index contributed by atoms with van der Waals surface area (Å²) in [4.78, 5) is 6.89. The highest BCUT2D eigenvalue weighted by Crippen LogP contribution is 2.25. The minimum Gasteiger partial charge on any atom is -0.367 e. The van der Waals surface area contributed by atoms with Crippen LogP contribution >= 0.6 is 0 Å². The van der Waals surface area contributed by atoms with E-state index in [1.54, 1.807) is 12.1 Å². The molecule has 1 aliphatic heterocycles. The summed E-state index contributed by atoms with van der Waals surface area (Å²) in [5, 5.41) is 3.34. The Hall–Kier alpha value is -2.25. The van der Waals surface area contributed by atoms with Crippen LogP contribution < -0.4 is 5.32 Å². The van der Waals surface area contributed by atoms with Gasteiger partial charge in [-0.2, -0.15) is 0 Å². The number of benzene rings is 2. The van der Waals surface area contributed by atoms with Gasteiger partial charge < -0.3 is 15.0 Å². The molecule has 0 amide bonds. The number of hydrogen-bond donors (Lipinski definition) is 1. The van der Waals surface area contributed by atoms with Gasteiger partial charge >= 0.3 is 0 Å². The third-order valence-corrected chi connectivity index (χ3v) is 6.18. The molecular weight excluding hydrogens is 401 g/mol. The minimum absolute atomic E-state index is 0.0184. The first-order valence-corrected chi connectivity index (χ1v) is 11.9. The van der Waals surface area contributed by atoms with Gasteiger partial charge in [-0.1, -0.05) is 42.5 Å². The van der Waals surface area contributed by atoms with Crippen molar-refractivity contribution in [3.05, 3.63) is 71.5 Å². The first kappa shape index (κ1) is 22.4. The number of ether oxygens (including phenoxy) is 1. The third-order valence-electron chi connectivity index (χ3n) is 4.89. The van der Waals surface area contributed by atoms with Crippen LogP contribution in [0, 0.1) is 5.82 Å². The van der Waals surface area contributed by atoms with Crippen LogP contribution in [0.5, 0.6) is 0 Å². The average Bonchev–Trinajstić information content (AvgIpc) is 2.74. The third kappa shape index (κ3) is 6.64. The molecule has 0 spiro atoms. The van der Waals surface area contributed by atoms with Crippen molar-refractivity contribution < 1.29 is 13.3 Å². The van der Waals surface area contributed by atoms with Crippen LogP contribution in [-0.2, 0) is 21.3 Å². The first-order chi connectivity index (χ1) is 14.5. The Kier molecular flexibility index (Phi) is 8.39. The molecule has 162 valence electrons. The molecule has 0 radical (unpaired) electrons. The smallest absolute Gasteiger partial charge is 0.194 e. The monoisotopic (exact) mass is 431 g/mol. The lowest BCUT2D eigenvalue weighted by Gasteiger charge is -2.38. The normalized spacial score (nSPS) is 20.8. The molecule has 1 N–H and O–H groups in total. The van der Waals surface area contributed by atoms with Crippen LogP contribution in [0.2, 0.25) is 0 Å². The lowest BCUT2D eigenvalue weighted by atomic mass is 10.1. The van der Waals surface area contributed by atoms with Crippen molar-refractivity contribution in [2.75, 3.05) is 31.9 Å². The van der Waals surface area contributed by atoms with E-state index >= 15 is 0 Å². The van der Waals surface area contributed by atoms with E-state index < -0.39 is 10.8 Å². The van der Waals surface area contributed by atoms with Crippen LogP contribution in [0.4, 0.5) is 4.39 Å². The molecule has 7 heteroatoms. The summed E-state index contributed by atoms with van der Waals surface area (Å²) in [6, 6.07) is 16.3. The Labute approximate surface area is 180 Å². The van der Waals surface area contributed by atoms with E-state index in [1.807, 2.05) is 44.2 Å². The van der Waals surface area contributed by atoms with Gasteiger partial charge in [0.1, 0.15) is 11.9 Å². The average molecular weight is 432 g/mol. The fraction of sp³-hybridized carbons (Fsp3) is 0.435. The number of guanidine groups is 1. The maximum atomic E-state index is 13.3. The molecule has 5 nitrogen and oxygen atoms in total. The van der Waals surface area contributed by atoms with Crippen LogP contribution in [0.25, 0.3) is 0 Å². The summed E-state index contributed by atoms with van der Waals surface area (Å²) in [6.07, 6.45) is -0.129. The van der Waals surface area contributed by atoms with E-state index in [1.165, 1.54) is 12.1 Å². The molecule has 0 bridgehead atoms. The molecule has 2 aromatic rings. The number of morpholine rings is 1. The fourth-order valence-electron chi connectivity index (χ4n) is 3.50. The minimum atomic E-state index is -0.956. The van der Waals surface area contributed by atoms with Crippen molar-refractivity contribution >= 4 is 16.8 Å². The molecule has 1 aliphatic rings. The van der Waals surface area contributed by atoms with E-state index in [4.69, 9.17) is 9.73 Å². The largest absolute Gasteiger partial charge is 0.367 e. The number of hydrogen-bond acceptors (Lipinski definition) is 3. The predicted molar refractivity (Wildman–Crippen MR) is 120 cm³/mol. The number of rotatable bonds is 7. The van der Waals surface area contributed by atoms with Gasteiger partial charge in [0.2, 0.25) is 0 Å². The highest BCUT2D eigenvalue weighted by Gasteiger charge is 2.28. The maximum absolute atomic E-state index is 13.3. The Morgan fingerprint density at radius 2 is 1.93 bits per heavy atom. The second kappa shape index (κ2) is 11.2. The first-order valence-electron chi connectivity index (χ1n) is 10.4. The van der Waals surface area contributed by atoms with E-state index in [-0.39, 0.29) is 18.0 Å². The molecule has 3 rings (SSSR count). The van der Waals surface area contributed by atoms with Crippen LogP contribution in [0.1, 0.15) is 31.1 Å². The highest BCUT2D eigenvalue weighted by molar-refractivity contribution is 7.84. The van der Waals surface area contributed by atoms with Gasteiger partial charge in [-0.25, -0.2) is 4.39 Å². The zero-order valence-corrected chi connectivity index (χ0v) is 18.4. The Balaban J connectivity index is 1.61. The molecule has 2 aromatic carbocycles. The zero-order valence-electron chi connectivity index (χ0n) is 17.6. The summed E-state index contributed by atoms with van der Waals surface area (Å²) in [6.45, 7) is 6.66. The molecular formula is C23H30FN3O2S. The number of halogens is 1. The second-order valence-corrected chi connectivity index (χ2v) is 8.98. The van der Waals surface area contributed by atoms with Gasteiger partial charge in [0.05, 0.1) is 19.2 Å². The maximum Gasteiger partial charge on any atom is 0.194 e. The molecule has 30 heavy (non-hydrogen) atoms. The van der Waals surface area contributed by atoms with Crippen molar-refractivity contribution in [3.8, 4) is 0 Å². The Bertz CT molecular complexity index is 845. The van der Waals surface area contributed by atoms with Crippen molar-refractivity contribution in [2.24, 2.45) is 4.99 Å². The number of nitrogens with one attached hydrogen (secondary N) is 1. The molecule has 1 fully saturated rings. The lowest BCUT2D eigenvalue weighted by Crippen LogP contribution is -2.50. The van der Waals surface area contributed by atoms with Gasteiger partial charge in [-0.05, 0) is 37.1 Å². The van der Waals surface area contributed by atoms with E-state index in [0.29, 0.717) is 24.6 Å². The number of aliphatic imine (C=N–C) groups is 1. The topological polar surface area (TPSA) is 53.9 Å².